The first-order valence-corrected chi connectivity index (χ1v) is 7.96. The van der Waals surface area contributed by atoms with Crippen LogP contribution in [0.3, 0.4) is 0 Å². The first kappa shape index (κ1) is 17.2. The third-order valence-corrected chi connectivity index (χ3v) is 2.78. The zero-order chi connectivity index (χ0) is 15.1. The van der Waals surface area contributed by atoms with Gasteiger partial charge >= 0.3 is 11.9 Å². The number of esters is 2. The van der Waals surface area contributed by atoms with Gasteiger partial charge in [0.05, 0.1) is 11.1 Å². The summed E-state index contributed by atoms with van der Waals surface area (Å²) in [6, 6.07) is 6.46. The standard InChI is InChI=1S/C14H16Br2O4/c1-9(15)7-19-13(17)11-5-3-4-6-12(11)14(18)20-8-10(2)16/h3-6,9-10H,7-8H2,1-2H3. The molecule has 4 nitrogen and oxygen atoms in total. The summed E-state index contributed by atoms with van der Waals surface area (Å²) in [5.74, 6) is -1.06. The van der Waals surface area contributed by atoms with Crippen LogP contribution in [0.25, 0.3) is 0 Å². The Labute approximate surface area is 135 Å². The summed E-state index contributed by atoms with van der Waals surface area (Å²) < 4.78 is 10.2. The minimum atomic E-state index is -0.532. The molecule has 0 aliphatic rings. The first-order chi connectivity index (χ1) is 9.41. The number of halogens is 2. The van der Waals surface area contributed by atoms with Crippen molar-refractivity contribution in [3.05, 3.63) is 35.4 Å². The summed E-state index contributed by atoms with van der Waals surface area (Å²) in [6.07, 6.45) is 0. The predicted molar refractivity (Wildman–Crippen MR) is 83.8 cm³/mol. The Morgan fingerprint density at radius 1 is 0.950 bits per heavy atom. The van der Waals surface area contributed by atoms with Gasteiger partial charge in [-0.05, 0) is 26.0 Å². The summed E-state index contributed by atoms with van der Waals surface area (Å²) in [5, 5.41) is 0. The molecule has 0 amide bonds. The van der Waals surface area contributed by atoms with Crippen LogP contribution in [0.15, 0.2) is 24.3 Å². The highest BCUT2D eigenvalue weighted by molar-refractivity contribution is 9.09. The Balaban J connectivity index is 2.82. The lowest BCUT2D eigenvalue weighted by atomic mass is 10.1. The van der Waals surface area contributed by atoms with Gasteiger partial charge in [0.15, 0.2) is 0 Å². The number of hydrogen-bond donors (Lipinski definition) is 0. The van der Waals surface area contributed by atoms with Crippen LogP contribution >= 0.6 is 31.9 Å². The summed E-state index contributed by atoms with van der Waals surface area (Å²) in [4.78, 5) is 24.0. The quantitative estimate of drug-likeness (QED) is 0.534. The van der Waals surface area contributed by atoms with E-state index in [0.717, 1.165) is 0 Å². The van der Waals surface area contributed by atoms with Crippen molar-refractivity contribution in [3.63, 3.8) is 0 Å². The maximum absolute atomic E-state index is 12.0. The number of hydrogen-bond acceptors (Lipinski definition) is 4. The summed E-state index contributed by atoms with van der Waals surface area (Å²) >= 11 is 6.58. The smallest absolute Gasteiger partial charge is 0.339 e. The zero-order valence-electron chi connectivity index (χ0n) is 11.3. The van der Waals surface area contributed by atoms with Crippen LogP contribution in [0.4, 0.5) is 0 Å². The van der Waals surface area contributed by atoms with E-state index in [1.54, 1.807) is 24.3 Å². The topological polar surface area (TPSA) is 52.6 Å². The molecule has 0 spiro atoms. The molecule has 0 heterocycles. The van der Waals surface area contributed by atoms with Gasteiger partial charge in [-0.15, -0.1) is 0 Å². The lowest BCUT2D eigenvalue weighted by Gasteiger charge is -2.11. The van der Waals surface area contributed by atoms with Crippen molar-refractivity contribution in [2.45, 2.75) is 23.5 Å². The van der Waals surface area contributed by atoms with Gasteiger partial charge in [0, 0.05) is 9.65 Å². The van der Waals surface area contributed by atoms with Crippen molar-refractivity contribution < 1.29 is 19.1 Å². The Morgan fingerprint density at radius 2 is 1.30 bits per heavy atom. The molecule has 2 unspecified atom stereocenters. The highest BCUT2D eigenvalue weighted by atomic mass is 79.9. The van der Waals surface area contributed by atoms with Gasteiger partial charge in [0.25, 0.3) is 0 Å². The van der Waals surface area contributed by atoms with Crippen LogP contribution in [0.1, 0.15) is 34.6 Å². The van der Waals surface area contributed by atoms with Crippen LogP contribution < -0.4 is 0 Å². The number of carbonyl (C=O) groups excluding carboxylic acids is 2. The fourth-order valence-corrected chi connectivity index (χ4v) is 1.64. The van der Waals surface area contributed by atoms with E-state index in [0.29, 0.717) is 0 Å². The molecule has 0 fully saturated rings. The highest BCUT2D eigenvalue weighted by Crippen LogP contribution is 2.13. The minimum Gasteiger partial charge on any atom is -0.461 e. The second-order valence-electron chi connectivity index (χ2n) is 4.30. The minimum absolute atomic E-state index is 0.0554. The van der Waals surface area contributed by atoms with E-state index >= 15 is 0 Å². The molecule has 1 aromatic rings. The zero-order valence-corrected chi connectivity index (χ0v) is 14.4. The second-order valence-corrected chi connectivity index (χ2v) is 7.43. The average Bonchev–Trinajstić information content (AvgIpc) is 2.42. The molecule has 1 aromatic carbocycles. The van der Waals surface area contributed by atoms with Crippen LogP contribution in [0.5, 0.6) is 0 Å². The lowest BCUT2D eigenvalue weighted by molar-refractivity contribution is 0.0465. The normalized spacial score (nSPS) is 13.4. The molecule has 0 saturated carbocycles. The van der Waals surface area contributed by atoms with Gasteiger partial charge in [-0.3, -0.25) is 0 Å². The fraction of sp³-hybridized carbons (Fsp3) is 0.429. The number of carbonyl (C=O) groups is 2. The SMILES string of the molecule is CC(Br)COC(=O)c1ccccc1C(=O)OCC(C)Br. The Bertz CT molecular complexity index is 429. The van der Waals surface area contributed by atoms with Gasteiger partial charge in [-0.2, -0.15) is 0 Å². The third-order valence-electron chi connectivity index (χ3n) is 2.26. The van der Waals surface area contributed by atoms with Crippen molar-refractivity contribution in [1.29, 1.82) is 0 Å². The molecule has 20 heavy (non-hydrogen) atoms. The van der Waals surface area contributed by atoms with E-state index in [-0.39, 0.29) is 34.0 Å². The maximum atomic E-state index is 12.0. The summed E-state index contributed by atoms with van der Waals surface area (Å²) in [6.45, 7) is 4.21. The van der Waals surface area contributed by atoms with Crippen LogP contribution in [0, 0.1) is 0 Å². The summed E-state index contributed by atoms with van der Waals surface area (Å²) in [7, 11) is 0. The Kier molecular flexibility index (Phi) is 7.23. The highest BCUT2D eigenvalue weighted by Gasteiger charge is 2.19. The van der Waals surface area contributed by atoms with Crippen LogP contribution in [0.2, 0.25) is 0 Å². The maximum Gasteiger partial charge on any atom is 0.339 e. The van der Waals surface area contributed by atoms with Crippen molar-refractivity contribution in [1.82, 2.24) is 0 Å². The largest absolute Gasteiger partial charge is 0.461 e. The number of benzene rings is 1. The van der Waals surface area contributed by atoms with Crippen molar-refractivity contribution in [2.24, 2.45) is 0 Å². The van der Waals surface area contributed by atoms with E-state index in [4.69, 9.17) is 9.47 Å². The number of ether oxygens (including phenoxy) is 2. The molecule has 0 N–H and O–H groups in total. The number of alkyl halides is 2. The van der Waals surface area contributed by atoms with E-state index < -0.39 is 11.9 Å². The van der Waals surface area contributed by atoms with Crippen molar-refractivity contribution in [3.8, 4) is 0 Å². The van der Waals surface area contributed by atoms with E-state index in [9.17, 15) is 9.59 Å². The predicted octanol–water partition coefficient (Wildman–Crippen LogP) is 3.57. The van der Waals surface area contributed by atoms with Gasteiger partial charge in [0.1, 0.15) is 13.2 Å². The first-order valence-electron chi connectivity index (χ1n) is 6.13. The average molecular weight is 408 g/mol. The van der Waals surface area contributed by atoms with E-state index in [1.165, 1.54) is 0 Å². The van der Waals surface area contributed by atoms with Gasteiger partial charge < -0.3 is 9.47 Å². The monoisotopic (exact) mass is 406 g/mol. The summed E-state index contributed by atoms with van der Waals surface area (Å²) in [5.41, 5.74) is 0.431. The fourth-order valence-electron chi connectivity index (χ4n) is 1.38. The molecule has 0 aliphatic carbocycles. The molecule has 110 valence electrons. The second kappa shape index (κ2) is 8.42. The molecule has 0 saturated heterocycles. The Morgan fingerprint density at radius 3 is 1.60 bits per heavy atom. The van der Waals surface area contributed by atoms with Gasteiger partial charge in [0.2, 0.25) is 0 Å². The molecule has 0 aliphatic heterocycles. The van der Waals surface area contributed by atoms with E-state index in [1.807, 2.05) is 13.8 Å². The van der Waals surface area contributed by atoms with Crippen molar-refractivity contribution in [2.75, 3.05) is 13.2 Å². The molecule has 0 aromatic heterocycles. The molecular weight excluding hydrogens is 392 g/mol. The van der Waals surface area contributed by atoms with E-state index in [2.05, 4.69) is 31.9 Å². The number of rotatable bonds is 6. The molecular formula is C14H16Br2O4. The molecule has 0 bridgehead atoms. The third kappa shape index (κ3) is 5.63. The lowest BCUT2D eigenvalue weighted by Crippen LogP contribution is -2.18. The molecule has 2 atom stereocenters. The van der Waals surface area contributed by atoms with Crippen molar-refractivity contribution >= 4 is 43.8 Å². The van der Waals surface area contributed by atoms with Gasteiger partial charge in [-0.1, -0.05) is 44.0 Å². The van der Waals surface area contributed by atoms with Crippen LogP contribution in [-0.4, -0.2) is 34.8 Å². The Hall–Kier alpha value is -0.880. The van der Waals surface area contributed by atoms with Gasteiger partial charge in [-0.25, -0.2) is 9.59 Å². The molecule has 0 radical (unpaired) electrons. The molecule has 6 heteroatoms. The molecule has 1 rings (SSSR count). The van der Waals surface area contributed by atoms with Crippen LogP contribution in [-0.2, 0) is 9.47 Å².